The highest BCUT2D eigenvalue weighted by molar-refractivity contribution is 6.30. The molecular weight excluding hydrogens is 230 g/mol. The lowest BCUT2D eigenvalue weighted by molar-refractivity contribution is 0.217. The first-order valence-electron chi connectivity index (χ1n) is 6.21. The summed E-state index contributed by atoms with van der Waals surface area (Å²) in [6, 6.07) is 8.29. The Morgan fingerprint density at radius 3 is 2.47 bits per heavy atom. The molecule has 1 aromatic carbocycles. The third-order valence-corrected chi connectivity index (χ3v) is 3.75. The van der Waals surface area contributed by atoms with Gasteiger partial charge < -0.3 is 4.90 Å². The second kappa shape index (κ2) is 6.10. The lowest BCUT2D eigenvalue weighted by Crippen LogP contribution is -2.33. The van der Waals surface area contributed by atoms with Gasteiger partial charge in [0.25, 0.3) is 0 Å². The maximum absolute atomic E-state index is 5.90. The van der Waals surface area contributed by atoms with Crippen LogP contribution >= 0.6 is 11.6 Å². The van der Waals surface area contributed by atoms with Crippen LogP contribution in [0.15, 0.2) is 24.3 Å². The fraction of sp³-hybridized carbons (Fsp3) is 0.467. The third-order valence-electron chi connectivity index (χ3n) is 3.50. The third kappa shape index (κ3) is 3.49. The van der Waals surface area contributed by atoms with Crippen molar-refractivity contribution in [3.63, 3.8) is 0 Å². The van der Waals surface area contributed by atoms with Crippen LogP contribution in [0.1, 0.15) is 30.7 Å². The minimum absolute atomic E-state index is 0.689. The highest BCUT2D eigenvalue weighted by Gasteiger charge is 2.19. The van der Waals surface area contributed by atoms with Gasteiger partial charge >= 0.3 is 0 Å². The van der Waals surface area contributed by atoms with Crippen LogP contribution in [0.3, 0.4) is 0 Å². The molecule has 1 heterocycles. The minimum Gasteiger partial charge on any atom is -0.302 e. The number of hydrogen-bond donors (Lipinski definition) is 0. The average Bonchev–Trinajstić information content (AvgIpc) is 2.38. The van der Waals surface area contributed by atoms with Crippen molar-refractivity contribution in [3.8, 4) is 12.3 Å². The molecule has 0 bridgehead atoms. The smallest absolute Gasteiger partial charge is 0.0406 e. The normalized spacial score (nSPS) is 17.9. The molecule has 1 saturated heterocycles. The van der Waals surface area contributed by atoms with Crippen molar-refractivity contribution in [1.29, 1.82) is 0 Å². The number of halogens is 1. The molecule has 2 rings (SSSR count). The Bertz CT molecular complexity index is 382. The van der Waals surface area contributed by atoms with Crippen molar-refractivity contribution in [3.05, 3.63) is 34.9 Å². The van der Waals surface area contributed by atoms with Crippen LogP contribution in [0.25, 0.3) is 0 Å². The molecule has 0 amide bonds. The zero-order chi connectivity index (χ0) is 12.1. The maximum atomic E-state index is 5.90. The van der Waals surface area contributed by atoms with Crippen LogP contribution in [0.4, 0.5) is 0 Å². The molecular formula is C15H18ClN. The average molecular weight is 248 g/mol. The molecule has 1 aliphatic heterocycles. The number of nitrogens with zero attached hydrogens (tertiary/aromatic N) is 1. The molecule has 1 aliphatic rings. The standard InChI is InChI=1S/C15H18ClN/c1-2-3-10-17-11-8-14(9-12-17)13-4-6-15(16)7-5-13/h1,4-7,14H,3,8-12H2. The van der Waals surface area contributed by atoms with E-state index in [4.69, 9.17) is 18.0 Å². The van der Waals surface area contributed by atoms with E-state index >= 15 is 0 Å². The zero-order valence-electron chi connectivity index (χ0n) is 10.0. The molecule has 90 valence electrons. The molecule has 1 fully saturated rings. The number of likely N-dealkylation sites (tertiary alicyclic amines) is 1. The van der Waals surface area contributed by atoms with E-state index in [0.717, 1.165) is 31.1 Å². The van der Waals surface area contributed by atoms with Gasteiger partial charge in [0.15, 0.2) is 0 Å². The fourth-order valence-electron chi connectivity index (χ4n) is 2.45. The molecule has 2 heteroatoms. The summed E-state index contributed by atoms with van der Waals surface area (Å²) >= 11 is 5.90. The summed E-state index contributed by atoms with van der Waals surface area (Å²) in [6.07, 6.45) is 8.61. The van der Waals surface area contributed by atoms with E-state index in [2.05, 4.69) is 23.0 Å². The summed E-state index contributed by atoms with van der Waals surface area (Å²) in [5.41, 5.74) is 1.42. The number of piperidine rings is 1. The quantitative estimate of drug-likeness (QED) is 0.739. The van der Waals surface area contributed by atoms with Gasteiger partial charge in [-0.1, -0.05) is 23.7 Å². The Hall–Kier alpha value is -0.970. The number of terminal acetylenes is 1. The molecule has 0 atom stereocenters. The van der Waals surface area contributed by atoms with Gasteiger partial charge in [-0.2, -0.15) is 0 Å². The maximum Gasteiger partial charge on any atom is 0.0406 e. The Labute approximate surface area is 109 Å². The lowest BCUT2D eigenvalue weighted by atomic mass is 9.89. The number of hydrogen-bond acceptors (Lipinski definition) is 1. The molecule has 0 unspecified atom stereocenters. The van der Waals surface area contributed by atoms with Crippen molar-refractivity contribution in [2.75, 3.05) is 19.6 Å². The second-order valence-corrected chi connectivity index (χ2v) is 5.06. The summed E-state index contributed by atoms with van der Waals surface area (Å²) in [6.45, 7) is 3.37. The summed E-state index contributed by atoms with van der Waals surface area (Å²) in [7, 11) is 0. The molecule has 0 radical (unpaired) electrons. The van der Waals surface area contributed by atoms with Gasteiger partial charge in [-0.25, -0.2) is 0 Å². The molecule has 17 heavy (non-hydrogen) atoms. The summed E-state index contributed by atoms with van der Waals surface area (Å²) < 4.78 is 0. The molecule has 0 aromatic heterocycles. The molecule has 0 aliphatic carbocycles. The first-order valence-corrected chi connectivity index (χ1v) is 6.58. The SMILES string of the molecule is C#CCCN1CCC(c2ccc(Cl)cc2)CC1. The Morgan fingerprint density at radius 2 is 1.88 bits per heavy atom. The lowest BCUT2D eigenvalue weighted by Gasteiger charge is -2.31. The van der Waals surface area contributed by atoms with Crippen LogP contribution in [0.2, 0.25) is 5.02 Å². The topological polar surface area (TPSA) is 3.24 Å². The van der Waals surface area contributed by atoms with Crippen molar-refractivity contribution in [2.24, 2.45) is 0 Å². The first-order chi connectivity index (χ1) is 8.29. The zero-order valence-corrected chi connectivity index (χ0v) is 10.8. The predicted molar refractivity (Wildman–Crippen MR) is 73.3 cm³/mol. The van der Waals surface area contributed by atoms with Crippen molar-refractivity contribution < 1.29 is 0 Å². The van der Waals surface area contributed by atoms with Gasteiger partial charge in [-0.15, -0.1) is 12.3 Å². The van der Waals surface area contributed by atoms with Gasteiger partial charge in [0, 0.05) is 18.0 Å². The van der Waals surface area contributed by atoms with Gasteiger partial charge in [0.1, 0.15) is 0 Å². The highest BCUT2D eigenvalue weighted by Crippen LogP contribution is 2.28. The Balaban J connectivity index is 1.87. The van der Waals surface area contributed by atoms with Crippen molar-refractivity contribution in [1.82, 2.24) is 4.90 Å². The van der Waals surface area contributed by atoms with Gasteiger partial charge in [0.2, 0.25) is 0 Å². The van der Waals surface area contributed by atoms with E-state index in [-0.39, 0.29) is 0 Å². The van der Waals surface area contributed by atoms with Crippen LogP contribution < -0.4 is 0 Å². The fourth-order valence-corrected chi connectivity index (χ4v) is 2.57. The Kier molecular flexibility index (Phi) is 4.48. The van der Waals surface area contributed by atoms with E-state index in [1.54, 1.807) is 0 Å². The molecule has 0 saturated carbocycles. The summed E-state index contributed by atoms with van der Waals surface area (Å²) in [4.78, 5) is 2.46. The largest absolute Gasteiger partial charge is 0.302 e. The van der Waals surface area contributed by atoms with Gasteiger partial charge in [-0.05, 0) is 49.5 Å². The summed E-state index contributed by atoms with van der Waals surface area (Å²) in [5, 5.41) is 0.820. The highest BCUT2D eigenvalue weighted by atomic mass is 35.5. The molecule has 1 nitrogen and oxygen atoms in total. The van der Waals surface area contributed by atoms with Crippen LogP contribution in [0, 0.1) is 12.3 Å². The van der Waals surface area contributed by atoms with E-state index in [1.165, 1.54) is 18.4 Å². The molecule has 0 N–H and O–H groups in total. The van der Waals surface area contributed by atoms with E-state index in [1.807, 2.05) is 12.1 Å². The monoisotopic (exact) mass is 247 g/mol. The summed E-state index contributed by atoms with van der Waals surface area (Å²) in [5.74, 6) is 3.40. The van der Waals surface area contributed by atoms with Crippen molar-refractivity contribution in [2.45, 2.75) is 25.2 Å². The van der Waals surface area contributed by atoms with Crippen LogP contribution in [-0.2, 0) is 0 Å². The van der Waals surface area contributed by atoms with E-state index < -0.39 is 0 Å². The van der Waals surface area contributed by atoms with Gasteiger partial charge in [0.05, 0.1) is 0 Å². The van der Waals surface area contributed by atoms with Crippen LogP contribution in [0.5, 0.6) is 0 Å². The number of benzene rings is 1. The van der Waals surface area contributed by atoms with E-state index in [0.29, 0.717) is 5.92 Å². The first kappa shape index (κ1) is 12.5. The van der Waals surface area contributed by atoms with Crippen LogP contribution in [-0.4, -0.2) is 24.5 Å². The molecule has 1 aromatic rings. The Morgan fingerprint density at radius 1 is 1.24 bits per heavy atom. The number of rotatable bonds is 3. The predicted octanol–water partition coefficient (Wildman–Crippen LogP) is 3.54. The van der Waals surface area contributed by atoms with Crippen molar-refractivity contribution >= 4 is 11.6 Å². The second-order valence-electron chi connectivity index (χ2n) is 4.62. The van der Waals surface area contributed by atoms with E-state index in [9.17, 15) is 0 Å². The molecule has 0 spiro atoms. The van der Waals surface area contributed by atoms with Gasteiger partial charge in [-0.3, -0.25) is 0 Å². The minimum atomic E-state index is 0.689.